The first-order chi connectivity index (χ1) is 14.6. The van der Waals surface area contributed by atoms with Crippen LogP contribution in [0, 0.1) is 28.6 Å². The highest BCUT2D eigenvalue weighted by atomic mass is 16.6. The number of allylic oxidation sites excluding steroid dienone is 1. The molecule has 3 fully saturated rings. The topological polar surface area (TPSA) is 101 Å². The van der Waals surface area contributed by atoms with E-state index in [-0.39, 0.29) is 35.4 Å². The molecule has 172 valence electrons. The van der Waals surface area contributed by atoms with Crippen molar-refractivity contribution in [3.8, 4) is 0 Å². The van der Waals surface area contributed by atoms with Gasteiger partial charge in [0, 0.05) is 18.3 Å². The van der Waals surface area contributed by atoms with Crippen molar-refractivity contribution in [2.75, 3.05) is 6.61 Å². The molecule has 7 atom stereocenters. The van der Waals surface area contributed by atoms with Crippen molar-refractivity contribution in [2.45, 2.75) is 90.3 Å². The third-order valence-corrected chi connectivity index (χ3v) is 9.35. The van der Waals surface area contributed by atoms with Gasteiger partial charge in [-0.25, -0.2) is 0 Å². The van der Waals surface area contributed by atoms with Crippen LogP contribution in [-0.2, 0) is 19.1 Å². The number of ether oxygens (including phenoxy) is 1. The number of carbonyl (C=O) groups excluding carboxylic acids is 3. The molecule has 31 heavy (non-hydrogen) atoms. The Morgan fingerprint density at radius 1 is 1.19 bits per heavy atom. The van der Waals surface area contributed by atoms with E-state index in [9.17, 15) is 24.6 Å². The lowest BCUT2D eigenvalue weighted by Gasteiger charge is -2.60. The first-order valence-electron chi connectivity index (χ1n) is 11.9. The van der Waals surface area contributed by atoms with Gasteiger partial charge in [0.15, 0.2) is 11.4 Å². The Balaban J connectivity index is 1.73. The summed E-state index contributed by atoms with van der Waals surface area (Å²) in [6, 6.07) is 0. The highest BCUT2D eigenvalue weighted by Gasteiger charge is 2.70. The molecule has 0 unspecified atom stereocenters. The van der Waals surface area contributed by atoms with Crippen molar-refractivity contribution < 1.29 is 29.3 Å². The van der Waals surface area contributed by atoms with Crippen LogP contribution in [0.5, 0.6) is 0 Å². The fraction of sp³-hybridized carbons (Fsp3) is 0.800. The molecule has 2 N–H and O–H groups in total. The van der Waals surface area contributed by atoms with Crippen molar-refractivity contribution in [2.24, 2.45) is 28.6 Å². The predicted molar refractivity (Wildman–Crippen MR) is 114 cm³/mol. The zero-order chi connectivity index (χ0) is 22.6. The Morgan fingerprint density at radius 3 is 2.61 bits per heavy atom. The first-order valence-corrected chi connectivity index (χ1v) is 11.9. The lowest BCUT2D eigenvalue weighted by molar-refractivity contribution is -0.202. The van der Waals surface area contributed by atoms with Crippen LogP contribution in [0.1, 0.15) is 78.6 Å². The van der Waals surface area contributed by atoms with Gasteiger partial charge in [-0.1, -0.05) is 26.3 Å². The van der Waals surface area contributed by atoms with Gasteiger partial charge in [0.05, 0.1) is 6.10 Å². The second-order valence-corrected chi connectivity index (χ2v) is 10.7. The van der Waals surface area contributed by atoms with E-state index >= 15 is 0 Å². The molecule has 0 aromatic heterocycles. The standard InChI is InChI=1S/C25H36O6/c1-4-5-21(30)31-25(20(29)14-26)11-9-18-17-7-6-15-12-16(27)8-10-23(15,2)22(17)19(28)13-24(18,25)3/h12,17-19,22,26,28H,4-11,13-14H2,1-3H3/t17-,18+,19-,22-,23-,24-,25-/m0/s1. The smallest absolute Gasteiger partial charge is 0.306 e. The maximum atomic E-state index is 13.1. The molecule has 0 aliphatic heterocycles. The van der Waals surface area contributed by atoms with Crippen molar-refractivity contribution in [1.29, 1.82) is 0 Å². The minimum atomic E-state index is -1.37. The van der Waals surface area contributed by atoms with E-state index in [2.05, 4.69) is 6.92 Å². The molecule has 0 aromatic rings. The Kier molecular flexibility index (Phi) is 5.70. The van der Waals surface area contributed by atoms with E-state index < -0.39 is 35.5 Å². The summed E-state index contributed by atoms with van der Waals surface area (Å²) in [5.74, 6) is -0.320. The summed E-state index contributed by atoms with van der Waals surface area (Å²) in [5, 5.41) is 21.3. The molecule has 0 radical (unpaired) electrons. The van der Waals surface area contributed by atoms with E-state index in [0.717, 1.165) is 31.3 Å². The summed E-state index contributed by atoms with van der Waals surface area (Å²) < 4.78 is 5.92. The van der Waals surface area contributed by atoms with Crippen molar-refractivity contribution in [3.05, 3.63) is 11.6 Å². The zero-order valence-electron chi connectivity index (χ0n) is 19.0. The highest BCUT2D eigenvalue weighted by Crippen LogP contribution is 2.68. The maximum absolute atomic E-state index is 13.1. The number of hydrogen-bond acceptors (Lipinski definition) is 6. The number of aliphatic hydroxyl groups excluding tert-OH is 2. The summed E-state index contributed by atoms with van der Waals surface area (Å²) in [5.41, 5.74) is -1.12. The Hall–Kier alpha value is -1.53. The highest BCUT2D eigenvalue weighted by molar-refractivity contribution is 5.92. The van der Waals surface area contributed by atoms with E-state index in [1.807, 2.05) is 13.8 Å². The van der Waals surface area contributed by atoms with Crippen LogP contribution in [-0.4, -0.2) is 46.1 Å². The SMILES string of the molecule is CCCC(=O)O[C@]1(C(=O)CO)CC[C@@H]2[C@@H]3CCC4=CC(=O)CC[C@]4(C)[C@@H]3[C@@H](O)C[C@@]21C. The predicted octanol–water partition coefficient (Wildman–Crippen LogP) is 3.13. The van der Waals surface area contributed by atoms with Crippen molar-refractivity contribution in [3.63, 3.8) is 0 Å². The lowest BCUT2D eigenvalue weighted by Crippen LogP contribution is -2.63. The Labute approximate surface area is 184 Å². The minimum absolute atomic E-state index is 0.0325. The molecular formula is C25H36O6. The summed E-state index contributed by atoms with van der Waals surface area (Å²) in [7, 11) is 0. The van der Waals surface area contributed by atoms with Gasteiger partial charge in [0.2, 0.25) is 5.78 Å². The quantitative estimate of drug-likeness (QED) is 0.648. The number of ketones is 2. The average Bonchev–Trinajstić information content (AvgIpc) is 3.00. The third-order valence-electron chi connectivity index (χ3n) is 9.35. The summed E-state index contributed by atoms with van der Waals surface area (Å²) >= 11 is 0. The van der Waals surface area contributed by atoms with E-state index in [1.54, 1.807) is 6.08 Å². The fourth-order valence-electron chi connectivity index (χ4n) is 7.94. The number of hydrogen-bond donors (Lipinski definition) is 2. The van der Waals surface area contributed by atoms with Gasteiger partial charge in [-0.05, 0) is 74.2 Å². The number of fused-ring (bicyclic) bond motifs is 5. The lowest BCUT2D eigenvalue weighted by atomic mass is 9.45. The molecule has 0 amide bonds. The van der Waals surface area contributed by atoms with E-state index in [1.165, 1.54) is 0 Å². The fourth-order valence-corrected chi connectivity index (χ4v) is 7.94. The monoisotopic (exact) mass is 432 g/mol. The minimum Gasteiger partial charge on any atom is -0.450 e. The molecule has 3 saturated carbocycles. The van der Waals surface area contributed by atoms with Crippen LogP contribution in [0.15, 0.2) is 11.6 Å². The van der Waals surface area contributed by atoms with Crippen molar-refractivity contribution >= 4 is 17.5 Å². The number of Topliss-reactive ketones (excluding diaryl/α,β-unsaturated/α-hetero) is 1. The van der Waals surface area contributed by atoms with E-state index in [4.69, 9.17) is 4.74 Å². The van der Waals surface area contributed by atoms with Gasteiger partial charge in [-0.15, -0.1) is 0 Å². The molecule has 0 spiro atoms. The van der Waals surface area contributed by atoms with Gasteiger partial charge in [0.1, 0.15) is 6.61 Å². The Bertz CT molecular complexity index is 817. The number of carbonyl (C=O) groups is 3. The molecule has 0 aromatic carbocycles. The van der Waals surface area contributed by atoms with Crippen LogP contribution in [0.2, 0.25) is 0 Å². The molecular weight excluding hydrogens is 396 g/mol. The van der Waals surface area contributed by atoms with Crippen LogP contribution in [0.25, 0.3) is 0 Å². The summed E-state index contributed by atoms with van der Waals surface area (Å²) in [6.45, 7) is 5.39. The molecule has 4 rings (SSSR count). The zero-order valence-corrected chi connectivity index (χ0v) is 19.0. The van der Waals surface area contributed by atoms with Crippen LogP contribution in [0.3, 0.4) is 0 Å². The van der Waals surface area contributed by atoms with Crippen LogP contribution in [0.4, 0.5) is 0 Å². The first kappa shape index (κ1) is 22.7. The largest absolute Gasteiger partial charge is 0.450 e. The summed E-state index contributed by atoms with van der Waals surface area (Å²) in [6.07, 6.45) is 6.48. The van der Waals surface area contributed by atoms with Gasteiger partial charge in [-0.3, -0.25) is 14.4 Å². The average molecular weight is 433 g/mol. The molecule has 6 nitrogen and oxygen atoms in total. The molecule has 0 heterocycles. The number of aliphatic hydroxyl groups is 2. The van der Waals surface area contributed by atoms with Gasteiger partial charge in [0.25, 0.3) is 0 Å². The normalized spacial score (nSPS) is 44.0. The van der Waals surface area contributed by atoms with Gasteiger partial charge in [-0.2, -0.15) is 0 Å². The summed E-state index contributed by atoms with van der Waals surface area (Å²) in [4.78, 5) is 37.6. The molecule has 4 aliphatic rings. The molecule has 0 bridgehead atoms. The molecule has 4 aliphatic carbocycles. The van der Waals surface area contributed by atoms with E-state index in [0.29, 0.717) is 25.7 Å². The van der Waals surface area contributed by atoms with Gasteiger partial charge < -0.3 is 14.9 Å². The molecule has 6 heteroatoms. The number of rotatable bonds is 5. The number of esters is 1. The van der Waals surface area contributed by atoms with Crippen LogP contribution >= 0.6 is 0 Å². The second kappa shape index (κ2) is 7.80. The van der Waals surface area contributed by atoms with Crippen molar-refractivity contribution in [1.82, 2.24) is 0 Å². The van der Waals surface area contributed by atoms with Crippen LogP contribution < -0.4 is 0 Å². The maximum Gasteiger partial charge on any atom is 0.306 e. The Morgan fingerprint density at radius 2 is 1.94 bits per heavy atom. The third kappa shape index (κ3) is 3.16. The molecule has 0 saturated heterocycles. The van der Waals surface area contributed by atoms with Gasteiger partial charge >= 0.3 is 5.97 Å². The second-order valence-electron chi connectivity index (χ2n) is 10.7.